The van der Waals surface area contributed by atoms with Crippen molar-refractivity contribution in [2.75, 3.05) is 19.8 Å². The third-order valence-corrected chi connectivity index (χ3v) is 15.9. The highest BCUT2D eigenvalue weighted by atomic mass is 16.7. The van der Waals surface area contributed by atoms with Crippen molar-refractivity contribution in [2.45, 2.75) is 331 Å². The van der Waals surface area contributed by atoms with Gasteiger partial charge in [0.2, 0.25) is 5.91 Å². The fourth-order valence-corrected chi connectivity index (χ4v) is 10.6. The first-order valence-electron chi connectivity index (χ1n) is 33.2. The van der Waals surface area contributed by atoms with Crippen LogP contribution >= 0.6 is 0 Å². The van der Waals surface area contributed by atoms with Crippen LogP contribution in [0.3, 0.4) is 0 Å². The molecule has 0 aromatic carbocycles. The standard InChI is InChI=1S/C68H121NO13/c1-3-5-7-9-11-13-15-17-19-21-23-25-27-28-30-31-33-35-37-39-41-43-45-47-49-51-57(72)56(55-79-67-65(78)63(76)66(59(54-71)81-67)82-68-64(77)62(75)61(74)58(53-70)80-68)69-60(73)52-50-48-46-44-42-40-38-36-34-32-29-26-24-22-20-18-16-14-12-10-8-6-4-2/h6,8,12,14,18,20,24,26,32,34,49,51,56-59,61-68,70-72,74-78H,3-5,7,9-11,13,15-17,19,21-23,25,27-31,33,35-48,50,52-55H2,1-2H3,(H,69,73)/b8-6-,14-12-,20-18-,26-24-,34-32-,51-49+. The predicted octanol–water partition coefficient (Wildman–Crippen LogP) is 12.7. The van der Waals surface area contributed by atoms with Gasteiger partial charge in [-0.1, -0.05) is 260 Å². The maximum Gasteiger partial charge on any atom is 0.220 e. The van der Waals surface area contributed by atoms with E-state index in [1.165, 1.54) is 141 Å². The Hall–Kier alpha value is -2.57. The number of nitrogens with one attached hydrogen (secondary N) is 1. The molecule has 2 saturated heterocycles. The van der Waals surface area contributed by atoms with Crippen molar-refractivity contribution in [3.8, 4) is 0 Å². The lowest BCUT2D eigenvalue weighted by molar-refractivity contribution is -0.359. The molecule has 0 aromatic heterocycles. The first kappa shape index (κ1) is 75.5. The summed E-state index contributed by atoms with van der Waals surface area (Å²) in [5, 5.41) is 87.3. The number of aliphatic hydroxyl groups excluding tert-OH is 8. The van der Waals surface area contributed by atoms with Gasteiger partial charge in [0.1, 0.15) is 48.8 Å². The molecule has 2 aliphatic rings. The maximum absolute atomic E-state index is 13.3. The topological polar surface area (TPSA) is 228 Å². The van der Waals surface area contributed by atoms with E-state index in [4.69, 9.17) is 18.9 Å². The van der Waals surface area contributed by atoms with E-state index in [2.05, 4.69) is 79.9 Å². The number of aliphatic hydroxyl groups is 8. The molecule has 14 nitrogen and oxygen atoms in total. The number of carbonyl (C=O) groups is 1. The van der Waals surface area contributed by atoms with Gasteiger partial charge in [-0.15, -0.1) is 0 Å². The fraction of sp³-hybridized carbons (Fsp3) is 0.809. The van der Waals surface area contributed by atoms with E-state index in [1.54, 1.807) is 6.08 Å². The van der Waals surface area contributed by atoms with E-state index in [-0.39, 0.29) is 18.9 Å². The summed E-state index contributed by atoms with van der Waals surface area (Å²) in [4.78, 5) is 13.3. The summed E-state index contributed by atoms with van der Waals surface area (Å²) in [7, 11) is 0. The Bertz CT molecular complexity index is 1650. The highest BCUT2D eigenvalue weighted by Gasteiger charge is 2.51. The summed E-state index contributed by atoms with van der Waals surface area (Å²) in [5.74, 6) is -0.251. The Balaban J connectivity index is 1.73. The van der Waals surface area contributed by atoms with E-state index in [0.29, 0.717) is 6.42 Å². The Morgan fingerprint density at radius 2 is 0.841 bits per heavy atom. The minimum absolute atomic E-state index is 0.251. The minimum Gasteiger partial charge on any atom is -0.394 e. The number of allylic oxidation sites excluding steroid dienone is 11. The van der Waals surface area contributed by atoms with Gasteiger partial charge >= 0.3 is 0 Å². The third kappa shape index (κ3) is 37.1. The molecular weight excluding hydrogens is 1040 g/mol. The predicted molar refractivity (Wildman–Crippen MR) is 332 cm³/mol. The van der Waals surface area contributed by atoms with Crippen molar-refractivity contribution in [3.63, 3.8) is 0 Å². The van der Waals surface area contributed by atoms with Crippen molar-refractivity contribution < 1.29 is 64.6 Å². The second-order valence-corrected chi connectivity index (χ2v) is 23.2. The maximum atomic E-state index is 13.3. The molecule has 12 atom stereocenters. The van der Waals surface area contributed by atoms with Gasteiger partial charge in [0, 0.05) is 6.42 Å². The second kappa shape index (κ2) is 52.7. The van der Waals surface area contributed by atoms with Crippen LogP contribution in [0.4, 0.5) is 0 Å². The molecule has 0 saturated carbocycles. The van der Waals surface area contributed by atoms with E-state index in [9.17, 15) is 45.6 Å². The molecule has 0 radical (unpaired) electrons. The first-order valence-corrected chi connectivity index (χ1v) is 33.2. The van der Waals surface area contributed by atoms with Gasteiger partial charge in [-0.25, -0.2) is 0 Å². The Morgan fingerprint density at radius 1 is 0.451 bits per heavy atom. The Labute approximate surface area is 498 Å². The minimum atomic E-state index is -1.79. The van der Waals surface area contributed by atoms with Crippen LogP contribution in [0.5, 0.6) is 0 Å². The van der Waals surface area contributed by atoms with Crippen LogP contribution in [-0.4, -0.2) is 140 Å². The van der Waals surface area contributed by atoms with Gasteiger partial charge in [-0.2, -0.15) is 0 Å². The number of carbonyl (C=O) groups excluding carboxylic acids is 1. The third-order valence-electron chi connectivity index (χ3n) is 15.9. The average Bonchev–Trinajstić information content (AvgIpc) is 3.53. The monoisotopic (exact) mass is 1160 g/mol. The van der Waals surface area contributed by atoms with Gasteiger partial charge in [0.05, 0.1) is 32.0 Å². The molecule has 0 spiro atoms. The van der Waals surface area contributed by atoms with Gasteiger partial charge < -0.3 is 65.1 Å². The second-order valence-electron chi connectivity index (χ2n) is 23.2. The highest BCUT2D eigenvalue weighted by molar-refractivity contribution is 5.76. The van der Waals surface area contributed by atoms with E-state index < -0.39 is 86.8 Å². The number of ether oxygens (including phenoxy) is 4. The zero-order valence-corrected chi connectivity index (χ0v) is 51.5. The molecule has 0 aliphatic carbocycles. The van der Waals surface area contributed by atoms with Crippen LogP contribution in [-0.2, 0) is 23.7 Å². The number of hydrogen-bond donors (Lipinski definition) is 9. The molecule has 2 heterocycles. The molecule has 82 heavy (non-hydrogen) atoms. The summed E-state index contributed by atoms with van der Waals surface area (Å²) in [5.41, 5.74) is 0. The molecule has 2 aliphatic heterocycles. The van der Waals surface area contributed by atoms with Crippen LogP contribution < -0.4 is 5.32 Å². The molecule has 476 valence electrons. The van der Waals surface area contributed by atoms with E-state index in [0.717, 1.165) is 89.9 Å². The fourth-order valence-electron chi connectivity index (χ4n) is 10.6. The summed E-state index contributed by atoms with van der Waals surface area (Å²) in [6.07, 6.45) is 53.7. The van der Waals surface area contributed by atoms with Crippen LogP contribution in [0.2, 0.25) is 0 Å². The number of unbranched alkanes of at least 4 members (excludes halogenated alkanes) is 30. The van der Waals surface area contributed by atoms with Crippen molar-refractivity contribution in [1.29, 1.82) is 0 Å². The molecule has 9 N–H and O–H groups in total. The normalized spacial score (nSPS) is 24.4. The zero-order valence-electron chi connectivity index (χ0n) is 51.5. The highest BCUT2D eigenvalue weighted by Crippen LogP contribution is 2.30. The number of rotatable bonds is 53. The number of amides is 1. The van der Waals surface area contributed by atoms with E-state index in [1.807, 2.05) is 6.08 Å². The van der Waals surface area contributed by atoms with Crippen LogP contribution in [0, 0.1) is 0 Å². The van der Waals surface area contributed by atoms with Crippen LogP contribution in [0.1, 0.15) is 258 Å². The van der Waals surface area contributed by atoms with Crippen molar-refractivity contribution in [1.82, 2.24) is 5.32 Å². The molecule has 2 rings (SSSR count). The molecule has 1 amide bonds. The summed E-state index contributed by atoms with van der Waals surface area (Å²) in [6.45, 7) is 2.70. The summed E-state index contributed by atoms with van der Waals surface area (Å²) >= 11 is 0. The van der Waals surface area contributed by atoms with Crippen molar-refractivity contribution in [3.05, 3.63) is 72.9 Å². The SMILES string of the molecule is CC/C=C\C/C=C\C/C=C\C/C=C\C/C=C\CCCCCCCCCC(=O)NC(COC1OC(CO)C(OC2OC(CO)C(O)C(O)C2O)C(O)C1O)C(O)/C=C/CCCCCCCCCCCCCCCCCCCCCCCCC. The lowest BCUT2D eigenvalue weighted by Gasteiger charge is -2.46. The number of hydrogen-bond acceptors (Lipinski definition) is 13. The van der Waals surface area contributed by atoms with E-state index >= 15 is 0 Å². The quantitative estimate of drug-likeness (QED) is 0.0204. The molecule has 12 unspecified atom stereocenters. The molecule has 0 bridgehead atoms. The van der Waals surface area contributed by atoms with Gasteiger partial charge in [0.15, 0.2) is 12.6 Å². The van der Waals surface area contributed by atoms with Gasteiger partial charge in [0.25, 0.3) is 0 Å². The largest absolute Gasteiger partial charge is 0.394 e. The lowest BCUT2D eigenvalue weighted by Crippen LogP contribution is -2.65. The van der Waals surface area contributed by atoms with Gasteiger partial charge in [-0.3, -0.25) is 4.79 Å². The molecule has 14 heteroatoms. The Kier molecular flexibility index (Phi) is 48.6. The lowest BCUT2D eigenvalue weighted by atomic mass is 9.97. The first-order chi connectivity index (χ1) is 40.1. The average molecular weight is 1160 g/mol. The van der Waals surface area contributed by atoms with Crippen LogP contribution in [0.15, 0.2) is 72.9 Å². The van der Waals surface area contributed by atoms with Crippen molar-refractivity contribution in [2.24, 2.45) is 0 Å². The smallest absolute Gasteiger partial charge is 0.220 e. The molecular formula is C68H121NO13. The molecule has 2 fully saturated rings. The Morgan fingerprint density at radius 3 is 1.29 bits per heavy atom. The summed E-state index contributed by atoms with van der Waals surface area (Å²) < 4.78 is 22.8. The zero-order chi connectivity index (χ0) is 59.5. The van der Waals surface area contributed by atoms with Gasteiger partial charge in [-0.05, 0) is 64.2 Å². The van der Waals surface area contributed by atoms with Crippen LogP contribution in [0.25, 0.3) is 0 Å². The molecule has 0 aromatic rings. The summed E-state index contributed by atoms with van der Waals surface area (Å²) in [6, 6.07) is -0.926. The van der Waals surface area contributed by atoms with Crippen molar-refractivity contribution >= 4 is 5.91 Å².